The Balaban J connectivity index is 2.25. The number of nitrogens with one attached hydrogen (secondary N) is 1. The van der Waals surface area contributed by atoms with Crippen LogP contribution in [0, 0.1) is 13.8 Å². The number of pyridine rings is 1. The zero-order chi connectivity index (χ0) is 16.7. The molecule has 3 aromatic rings. The van der Waals surface area contributed by atoms with Crippen molar-refractivity contribution in [2.24, 2.45) is 7.05 Å². The van der Waals surface area contributed by atoms with Gasteiger partial charge in [0.1, 0.15) is 0 Å². The molecular weight excluding hydrogens is 288 g/mol. The van der Waals surface area contributed by atoms with Crippen molar-refractivity contribution in [2.75, 3.05) is 7.05 Å². The number of nitrogens with zero attached hydrogens (tertiary/aromatic N) is 5. The van der Waals surface area contributed by atoms with Gasteiger partial charge in [-0.05, 0) is 38.4 Å². The lowest BCUT2D eigenvalue weighted by atomic mass is 10.0. The summed E-state index contributed by atoms with van der Waals surface area (Å²) < 4.78 is 3.82. The lowest BCUT2D eigenvalue weighted by Gasteiger charge is -2.11. The first kappa shape index (κ1) is 15.7. The third kappa shape index (κ3) is 2.63. The van der Waals surface area contributed by atoms with Crippen molar-refractivity contribution in [1.82, 2.24) is 29.9 Å². The normalized spacial score (nSPS) is 11.8. The molecule has 0 bridgehead atoms. The van der Waals surface area contributed by atoms with Gasteiger partial charge in [0.2, 0.25) is 0 Å². The van der Waals surface area contributed by atoms with E-state index in [0.29, 0.717) is 12.5 Å². The van der Waals surface area contributed by atoms with E-state index in [4.69, 9.17) is 10.1 Å². The number of aromatic nitrogens is 5. The summed E-state index contributed by atoms with van der Waals surface area (Å²) in [7, 11) is 3.84. The van der Waals surface area contributed by atoms with Crippen LogP contribution in [0.1, 0.15) is 42.4 Å². The lowest BCUT2D eigenvalue weighted by molar-refractivity contribution is 0.748. The highest BCUT2D eigenvalue weighted by Gasteiger charge is 2.18. The monoisotopic (exact) mass is 312 g/mol. The van der Waals surface area contributed by atoms with Crippen molar-refractivity contribution < 1.29 is 0 Å². The van der Waals surface area contributed by atoms with Crippen LogP contribution in [-0.4, -0.2) is 31.6 Å². The van der Waals surface area contributed by atoms with Gasteiger partial charge in [0.15, 0.2) is 5.65 Å². The molecular formula is C17H24N6. The molecule has 6 heteroatoms. The van der Waals surface area contributed by atoms with E-state index in [-0.39, 0.29) is 0 Å². The summed E-state index contributed by atoms with van der Waals surface area (Å²) in [4.78, 5) is 4.73. The molecule has 0 unspecified atom stereocenters. The highest BCUT2D eigenvalue weighted by Crippen LogP contribution is 2.27. The fourth-order valence-corrected chi connectivity index (χ4v) is 3.31. The van der Waals surface area contributed by atoms with Gasteiger partial charge in [-0.25, -0.2) is 9.67 Å². The highest BCUT2D eigenvalue weighted by molar-refractivity contribution is 5.77. The number of rotatable bonds is 4. The van der Waals surface area contributed by atoms with Crippen LogP contribution in [-0.2, 0) is 13.6 Å². The van der Waals surface area contributed by atoms with Gasteiger partial charge in [-0.3, -0.25) is 4.68 Å². The van der Waals surface area contributed by atoms with E-state index >= 15 is 0 Å². The predicted molar refractivity (Wildman–Crippen MR) is 92.0 cm³/mol. The van der Waals surface area contributed by atoms with Gasteiger partial charge in [-0.2, -0.15) is 10.2 Å². The third-order valence-corrected chi connectivity index (χ3v) is 4.16. The average Bonchev–Trinajstić information content (AvgIpc) is 2.96. The summed E-state index contributed by atoms with van der Waals surface area (Å²) >= 11 is 0. The smallest absolute Gasteiger partial charge is 0.181 e. The second-order valence-electron chi connectivity index (χ2n) is 6.35. The minimum Gasteiger partial charge on any atom is -0.314 e. The molecule has 0 aliphatic rings. The summed E-state index contributed by atoms with van der Waals surface area (Å²) in [5.74, 6) is 0.451. The molecule has 122 valence electrons. The Morgan fingerprint density at radius 3 is 2.57 bits per heavy atom. The van der Waals surface area contributed by atoms with E-state index in [0.717, 1.165) is 28.1 Å². The molecule has 23 heavy (non-hydrogen) atoms. The largest absolute Gasteiger partial charge is 0.314 e. The molecule has 0 fully saturated rings. The molecule has 0 radical (unpaired) electrons. The summed E-state index contributed by atoms with van der Waals surface area (Å²) in [5.41, 5.74) is 6.32. The summed E-state index contributed by atoms with van der Waals surface area (Å²) in [6.45, 7) is 9.30. The van der Waals surface area contributed by atoms with Gasteiger partial charge in [-0.15, -0.1) is 0 Å². The zero-order valence-corrected chi connectivity index (χ0v) is 14.7. The van der Waals surface area contributed by atoms with E-state index in [2.05, 4.69) is 44.2 Å². The summed E-state index contributed by atoms with van der Waals surface area (Å²) in [5, 5.41) is 13.4. The maximum absolute atomic E-state index is 4.78. The molecule has 0 aliphatic heterocycles. The van der Waals surface area contributed by atoms with Crippen LogP contribution in [0.5, 0.6) is 0 Å². The van der Waals surface area contributed by atoms with E-state index in [1.54, 1.807) is 4.68 Å². The number of fused-ring (bicyclic) bond motifs is 1. The van der Waals surface area contributed by atoms with Crippen LogP contribution in [0.4, 0.5) is 0 Å². The maximum atomic E-state index is 4.78. The van der Waals surface area contributed by atoms with E-state index in [9.17, 15) is 0 Å². The summed E-state index contributed by atoms with van der Waals surface area (Å²) in [6, 6.07) is 2.13. The predicted octanol–water partition coefficient (Wildman–Crippen LogP) is 2.61. The first-order chi connectivity index (χ1) is 10.9. The molecule has 0 saturated heterocycles. The van der Waals surface area contributed by atoms with Gasteiger partial charge in [0, 0.05) is 30.9 Å². The quantitative estimate of drug-likeness (QED) is 0.804. The fraction of sp³-hybridized carbons (Fsp3) is 0.471. The Morgan fingerprint density at radius 1 is 1.22 bits per heavy atom. The number of aryl methyl sites for hydroxylation is 2. The van der Waals surface area contributed by atoms with E-state index in [1.807, 2.05) is 25.0 Å². The Bertz CT molecular complexity index is 856. The fourth-order valence-electron chi connectivity index (χ4n) is 3.31. The first-order valence-corrected chi connectivity index (χ1v) is 7.96. The SMILES string of the molecule is CNCc1nc2nn(C)cc2cc1-n1nc(C)c(C(C)C)c1C. The molecule has 0 atom stereocenters. The topological polar surface area (TPSA) is 60.6 Å². The lowest BCUT2D eigenvalue weighted by Crippen LogP contribution is -2.13. The van der Waals surface area contributed by atoms with Crippen molar-refractivity contribution in [3.8, 4) is 5.69 Å². The van der Waals surface area contributed by atoms with E-state index in [1.165, 1.54) is 11.3 Å². The second-order valence-corrected chi connectivity index (χ2v) is 6.35. The van der Waals surface area contributed by atoms with Crippen LogP contribution >= 0.6 is 0 Å². The standard InChI is InChI=1S/C17H24N6/c1-10(2)16-11(3)20-23(12(16)4)15-7-13-9-22(6)21-17(13)19-14(15)8-18-5/h7,9-10,18H,8H2,1-6H3. The van der Waals surface area contributed by atoms with Crippen LogP contribution in [0.15, 0.2) is 12.3 Å². The van der Waals surface area contributed by atoms with Crippen LogP contribution in [0.25, 0.3) is 16.7 Å². The molecule has 0 spiro atoms. The van der Waals surface area contributed by atoms with Crippen LogP contribution in [0.2, 0.25) is 0 Å². The van der Waals surface area contributed by atoms with Crippen molar-refractivity contribution in [3.05, 3.63) is 34.9 Å². The first-order valence-electron chi connectivity index (χ1n) is 7.96. The van der Waals surface area contributed by atoms with Crippen molar-refractivity contribution in [1.29, 1.82) is 0 Å². The molecule has 1 N–H and O–H groups in total. The maximum Gasteiger partial charge on any atom is 0.181 e. The molecule has 0 aromatic carbocycles. The third-order valence-electron chi connectivity index (χ3n) is 4.16. The van der Waals surface area contributed by atoms with Crippen LogP contribution in [0.3, 0.4) is 0 Å². The Morgan fingerprint density at radius 2 is 1.96 bits per heavy atom. The minimum atomic E-state index is 0.451. The molecule has 0 aliphatic carbocycles. The van der Waals surface area contributed by atoms with Crippen LogP contribution < -0.4 is 5.32 Å². The van der Waals surface area contributed by atoms with Gasteiger partial charge in [0.25, 0.3) is 0 Å². The highest BCUT2D eigenvalue weighted by atomic mass is 15.3. The van der Waals surface area contributed by atoms with Gasteiger partial charge < -0.3 is 5.32 Å². The van der Waals surface area contributed by atoms with Gasteiger partial charge in [-0.1, -0.05) is 13.8 Å². The minimum absolute atomic E-state index is 0.451. The Kier molecular flexibility index (Phi) is 3.93. The van der Waals surface area contributed by atoms with Crippen molar-refractivity contribution >= 4 is 11.0 Å². The second kappa shape index (κ2) is 5.77. The van der Waals surface area contributed by atoms with E-state index < -0.39 is 0 Å². The van der Waals surface area contributed by atoms with Crippen molar-refractivity contribution in [3.63, 3.8) is 0 Å². The zero-order valence-electron chi connectivity index (χ0n) is 14.7. The van der Waals surface area contributed by atoms with Crippen molar-refractivity contribution in [2.45, 2.75) is 40.2 Å². The van der Waals surface area contributed by atoms with Gasteiger partial charge in [0.05, 0.1) is 17.1 Å². The molecule has 3 aromatic heterocycles. The number of hydrogen-bond acceptors (Lipinski definition) is 4. The Labute approximate surface area is 136 Å². The molecule has 0 amide bonds. The summed E-state index contributed by atoms with van der Waals surface area (Å²) in [6.07, 6.45) is 1.99. The Hall–Kier alpha value is -2.21. The molecule has 3 rings (SSSR count). The molecule has 0 saturated carbocycles. The molecule has 6 nitrogen and oxygen atoms in total. The molecule has 3 heterocycles. The van der Waals surface area contributed by atoms with Gasteiger partial charge >= 0.3 is 0 Å². The number of hydrogen-bond donors (Lipinski definition) is 1. The average molecular weight is 312 g/mol.